The standard InChI is InChI=1S/C14H27NO6/c1-2-3-4-5-6-7-10(16)20-8-9-12(17)13(18)11(15)14(19)21-9/h9,11-14,17-19H,2-8,15H2,1H3/t9-,11-,12-,13-,14-/m1/s1. The molecule has 0 aromatic rings. The minimum absolute atomic E-state index is 0.212. The molecule has 0 aliphatic carbocycles. The van der Waals surface area contributed by atoms with Gasteiger partial charge in [-0.3, -0.25) is 4.79 Å². The van der Waals surface area contributed by atoms with Gasteiger partial charge < -0.3 is 30.5 Å². The van der Waals surface area contributed by atoms with Gasteiger partial charge in [0.15, 0.2) is 6.29 Å². The van der Waals surface area contributed by atoms with Crippen molar-refractivity contribution in [1.82, 2.24) is 0 Å². The van der Waals surface area contributed by atoms with Crippen molar-refractivity contribution in [2.75, 3.05) is 6.61 Å². The van der Waals surface area contributed by atoms with Crippen LogP contribution in [0.4, 0.5) is 0 Å². The second-order valence-corrected chi connectivity index (χ2v) is 5.47. The Bertz CT molecular complexity index is 314. The van der Waals surface area contributed by atoms with Crippen LogP contribution in [0.25, 0.3) is 0 Å². The molecule has 7 nitrogen and oxygen atoms in total. The monoisotopic (exact) mass is 305 g/mol. The molecule has 0 saturated carbocycles. The summed E-state index contributed by atoms with van der Waals surface area (Å²) in [5.41, 5.74) is 5.44. The van der Waals surface area contributed by atoms with Crippen LogP contribution in [0.1, 0.15) is 45.4 Å². The van der Waals surface area contributed by atoms with Crippen molar-refractivity contribution in [3.63, 3.8) is 0 Å². The third kappa shape index (κ3) is 5.88. The van der Waals surface area contributed by atoms with Crippen LogP contribution in [-0.2, 0) is 14.3 Å². The zero-order valence-electron chi connectivity index (χ0n) is 12.5. The molecule has 1 saturated heterocycles. The van der Waals surface area contributed by atoms with Gasteiger partial charge in [-0.1, -0.05) is 32.6 Å². The fraction of sp³-hybridized carbons (Fsp3) is 0.929. The Morgan fingerprint density at radius 2 is 1.81 bits per heavy atom. The molecule has 1 fully saturated rings. The highest BCUT2D eigenvalue weighted by Crippen LogP contribution is 2.19. The predicted octanol–water partition coefficient (Wildman–Crippen LogP) is -0.344. The quantitative estimate of drug-likeness (QED) is 0.357. The van der Waals surface area contributed by atoms with E-state index in [1.165, 1.54) is 0 Å². The minimum Gasteiger partial charge on any atom is -0.463 e. The molecule has 0 unspecified atom stereocenters. The van der Waals surface area contributed by atoms with E-state index in [4.69, 9.17) is 15.2 Å². The lowest BCUT2D eigenvalue weighted by atomic mass is 9.98. The number of hydrogen-bond donors (Lipinski definition) is 4. The highest BCUT2D eigenvalue weighted by molar-refractivity contribution is 5.69. The number of aliphatic hydroxyl groups excluding tert-OH is 3. The zero-order valence-corrected chi connectivity index (χ0v) is 12.5. The first kappa shape index (κ1) is 18.3. The van der Waals surface area contributed by atoms with E-state index in [2.05, 4.69) is 6.92 Å². The summed E-state index contributed by atoms with van der Waals surface area (Å²) in [5, 5.41) is 28.8. The van der Waals surface area contributed by atoms with Gasteiger partial charge in [0.1, 0.15) is 24.9 Å². The van der Waals surface area contributed by atoms with Gasteiger partial charge in [-0.15, -0.1) is 0 Å². The smallest absolute Gasteiger partial charge is 0.305 e. The molecular formula is C14H27NO6. The maximum atomic E-state index is 11.5. The van der Waals surface area contributed by atoms with Crippen molar-refractivity contribution in [2.45, 2.75) is 76.1 Å². The highest BCUT2D eigenvalue weighted by Gasteiger charge is 2.42. The molecule has 0 bridgehead atoms. The van der Waals surface area contributed by atoms with Gasteiger partial charge in [0.05, 0.1) is 6.04 Å². The molecule has 5 N–H and O–H groups in total. The Balaban J connectivity index is 2.23. The summed E-state index contributed by atoms with van der Waals surface area (Å²) in [6.07, 6.45) is 0.510. The largest absolute Gasteiger partial charge is 0.463 e. The Labute approximate surface area is 125 Å². The summed E-state index contributed by atoms with van der Waals surface area (Å²) in [6, 6.07) is -1.08. The zero-order chi connectivity index (χ0) is 15.8. The Hall–Kier alpha value is -0.730. The van der Waals surface area contributed by atoms with E-state index < -0.39 is 30.6 Å². The first-order valence-corrected chi connectivity index (χ1v) is 7.58. The lowest BCUT2D eigenvalue weighted by Gasteiger charge is -2.38. The number of ether oxygens (including phenoxy) is 2. The van der Waals surface area contributed by atoms with E-state index in [1.54, 1.807) is 0 Å². The number of carbonyl (C=O) groups is 1. The molecule has 1 aliphatic heterocycles. The third-order valence-electron chi connectivity index (χ3n) is 3.66. The molecule has 0 aromatic heterocycles. The van der Waals surface area contributed by atoms with Gasteiger partial charge >= 0.3 is 5.97 Å². The van der Waals surface area contributed by atoms with Crippen LogP contribution in [0.3, 0.4) is 0 Å². The van der Waals surface area contributed by atoms with Gasteiger partial charge in [-0.25, -0.2) is 0 Å². The average molecular weight is 305 g/mol. The number of carbonyl (C=O) groups excluding carboxylic acids is 1. The summed E-state index contributed by atoms with van der Waals surface area (Å²) in [7, 11) is 0. The van der Waals surface area contributed by atoms with Crippen LogP contribution in [0.15, 0.2) is 0 Å². The summed E-state index contributed by atoms with van der Waals surface area (Å²) in [5.74, 6) is -0.374. The second-order valence-electron chi connectivity index (χ2n) is 5.47. The maximum absolute atomic E-state index is 11.5. The van der Waals surface area contributed by atoms with Crippen LogP contribution in [0, 0.1) is 0 Å². The van der Waals surface area contributed by atoms with Crippen molar-refractivity contribution < 1.29 is 29.6 Å². The van der Waals surface area contributed by atoms with E-state index in [9.17, 15) is 20.1 Å². The fourth-order valence-corrected chi connectivity index (χ4v) is 2.22. The molecule has 0 radical (unpaired) electrons. The number of rotatable bonds is 8. The van der Waals surface area contributed by atoms with Gasteiger partial charge in [-0.2, -0.15) is 0 Å². The highest BCUT2D eigenvalue weighted by atomic mass is 16.6. The molecule has 1 aliphatic rings. The summed E-state index contributed by atoms with van der Waals surface area (Å²) >= 11 is 0. The summed E-state index contributed by atoms with van der Waals surface area (Å²) < 4.78 is 10.0. The minimum atomic E-state index is -1.39. The lowest BCUT2D eigenvalue weighted by Crippen LogP contribution is -2.62. The van der Waals surface area contributed by atoms with Crippen molar-refractivity contribution in [3.05, 3.63) is 0 Å². The van der Waals surface area contributed by atoms with Crippen molar-refractivity contribution in [2.24, 2.45) is 5.73 Å². The van der Waals surface area contributed by atoms with E-state index in [0.717, 1.165) is 32.1 Å². The van der Waals surface area contributed by atoms with Gasteiger partial charge in [0.25, 0.3) is 0 Å². The van der Waals surface area contributed by atoms with E-state index in [-0.39, 0.29) is 12.6 Å². The first-order chi connectivity index (χ1) is 9.97. The predicted molar refractivity (Wildman–Crippen MR) is 75.2 cm³/mol. The molecule has 7 heteroatoms. The average Bonchev–Trinajstić information content (AvgIpc) is 2.47. The van der Waals surface area contributed by atoms with E-state index >= 15 is 0 Å². The molecule has 0 spiro atoms. The van der Waals surface area contributed by atoms with E-state index in [0.29, 0.717) is 6.42 Å². The van der Waals surface area contributed by atoms with Crippen LogP contribution >= 0.6 is 0 Å². The summed E-state index contributed by atoms with van der Waals surface area (Å²) in [6.45, 7) is 1.91. The van der Waals surface area contributed by atoms with Crippen LogP contribution in [0.2, 0.25) is 0 Å². The van der Waals surface area contributed by atoms with Crippen molar-refractivity contribution in [3.8, 4) is 0 Å². The van der Waals surface area contributed by atoms with Crippen molar-refractivity contribution in [1.29, 1.82) is 0 Å². The number of unbranched alkanes of at least 4 members (excludes halogenated alkanes) is 4. The molecule has 1 rings (SSSR count). The first-order valence-electron chi connectivity index (χ1n) is 7.58. The Kier molecular flexibility index (Phi) is 8.13. The third-order valence-corrected chi connectivity index (χ3v) is 3.66. The second kappa shape index (κ2) is 9.32. The topological polar surface area (TPSA) is 122 Å². The molecule has 1 heterocycles. The number of nitrogens with two attached hydrogens (primary N) is 1. The normalized spacial score (nSPS) is 32.9. The maximum Gasteiger partial charge on any atom is 0.305 e. The van der Waals surface area contributed by atoms with Crippen LogP contribution in [0.5, 0.6) is 0 Å². The molecule has 0 amide bonds. The number of aliphatic hydroxyl groups is 3. The Morgan fingerprint density at radius 3 is 2.48 bits per heavy atom. The molecule has 0 aromatic carbocycles. The Morgan fingerprint density at radius 1 is 1.14 bits per heavy atom. The number of hydrogen-bond acceptors (Lipinski definition) is 7. The fourth-order valence-electron chi connectivity index (χ4n) is 2.22. The van der Waals surface area contributed by atoms with Crippen LogP contribution in [-0.4, -0.2) is 58.5 Å². The molecule has 5 atom stereocenters. The van der Waals surface area contributed by atoms with Gasteiger partial charge in [-0.05, 0) is 6.42 Å². The van der Waals surface area contributed by atoms with Gasteiger partial charge in [0, 0.05) is 6.42 Å². The van der Waals surface area contributed by atoms with E-state index in [1.807, 2.05) is 0 Å². The lowest BCUT2D eigenvalue weighted by molar-refractivity contribution is -0.251. The SMILES string of the molecule is CCCCCCCC(=O)OC[C@H]1O[C@@H](O)[C@H](N)[C@@H](O)[C@@H]1O. The van der Waals surface area contributed by atoms with Gasteiger partial charge in [0.2, 0.25) is 0 Å². The molecule has 124 valence electrons. The van der Waals surface area contributed by atoms with Crippen LogP contribution < -0.4 is 5.73 Å². The van der Waals surface area contributed by atoms with Crippen molar-refractivity contribution >= 4 is 5.97 Å². The molecular weight excluding hydrogens is 278 g/mol. The summed E-state index contributed by atoms with van der Waals surface area (Å²) in [4.78, 5) is 11.5. The molecule has 21 heavy (non-hydrogen) atoms. The number of esters is 1.